The molecule has 3 N–H and O–H groups in total. The van der Waals surface area contributed by atoms with Gasteiger partial charge in [-0.15, -0.1) is 5.10 Å². The second-order valence-electron chi connectivity index (χ2n) is 3.79. The van der Waals surface area contributed by atoms with E-state index in [0.717, 1.165) is 4.90 Å². The number of amides is 2. The van der Waals surface area contributed by atoms with Gasteiger partial charge in [-0.25, -0.2) is 14.6 Å². The number of nitrogens with one attached hydrogen (secondary N) is 1. The second kappa shape index (κ2) is 4.92. The van der Waals surface area contributed by atoms with Crippen LogP contribution in [0.2, 0.25) is 0 Å². The molecule has 0 aromatic carbocycles. The number of aromatic nitrogens is 3. The number of hydrogen-bond acceptors (Lipinski definition) is 6. The molecule has 2 heterocycles. The van der Waals surface area contributed by atoms with Crippen molar-refractivity contribution in [3.63, 3.8) is 0 Å². The van der Waals surface area contributed by atoms with E-state index in [1.807, 2.05) is 0 Å². The van der Waals surface area contributed by atoms with Crippen molar-refractivity contribution in [2.75, 3.05) is 11.9 Å². The molecule has 1 saturated heterocycles. The van der Waals surface area contributed by atoms with Crippen LogP contribution in [0.4, 0.5) is 10.7 Å². The quantitative estimate of drug-likeness (QED) is 0.611. The Bertz CT molecular complexity index is 454. The smallest absolute Gasteiger partial charge is 0.326 e. The lowest BCUT2D eigenvalue weighted by atomic mass is 10.2. The third-order valence-corrected chi connectivity index (χ3v) is 2.53. The van der Waals surface area contributed by atoms with E-state index in [1.165, 1.54) is 12.4 Å². The highest BCUT2D eigenvalue weighted by Crippen LogP contribution is 2.18. The summed E-state index contributed by atoms with van der Waals surface area (Å²) in [5.41, 5.74) is 0. The summed E-state index contributed by atoms with van der Waals surface area (Å²) >= 11 is 0. The zero-order valence-corrected chi connectivity index (χ0v) is 9.22. The first kappa shape index (κ1) is 12.2. The molecule has 0 unspecified atom stereocenters. The number of carboxylic acids is 1. The summed E-state index contributed by atoms with van der Waals surface area (Å²) in [6.07, 6.45) is 1.86. The van der Waals surface area contributed by atoms with Crippen LogP contribution in [0.5, 0.6) is 0 Å². The Morgan fingerprint density at radius 3 is 2.83 bits per heavy atom. The maximum Gasteiger partial charge on any atom is 0.326 e. The van der Waals surface area contributed by atoms with E-state index in [0.29, 0.717) is 0 Å². The molecule has 1 fully saturated rings. The number of carboxylic acid groups (broad SMARTS) is 1. The molecule has 0 aliphatic carbocycles. The standard InChI is InChI=1S/C9H11N5O4/c15-5-3-6(7(16)17)14(4-5)9(18)12-8-10-1-2-11-13-8/h1-2,5-6,15H,3-4H2,(H,16,17)(H,10,12,13,18)/t5-,6+/m1/s1. The molecule has 1 aromatic heterocycles. The number of nitrogens with zero attached hydrogens (tertiary/aromatic N) is 4. The van der Waals surface area contributed by atoms with Crippen molar-refractivity contribution in [2.45, 2.75) is 18.6 Å². The third kappa shape index (κ3) is 2.51. The van der Waals surface area contributed by atoms with Crippen molar-refractivity contribution in [3.8, 4) is 0 Å². The Kier molecular flexibility index (Phi) is 3.33. The van der Waals surface area contributed by atoms with Crippen molar-refractivity contribution in [1.82, 2.24) is 20.1 Å². The average molecular weight is 253 g/mol. The zero-order chi connectivity index (χ0) is 13.1. The lowest BCUT2D eigenvalue weighted by molar-refractivity contribution is -0.141. The average Bonchev–Trinajstić information content (AvgIpc) is 2.73. The van der Waals surface area contributed by atoms with Crippen molar-refractivity contribution in [1.29, 1.82) is 0 Å². The minimum Gasteiger partial charge on any atom is -0.480 e. The van der Waals surface area contributed by atoms with Crippen molar-refractivity contribution >= 4 is 17.9 Å². The van der Waals surface area contributed by atoms with Gasteiger partial charge in [-0.2, -0.15) is 5.10 Å². The molecule has 2 atom stereocenters. The number of rotatable bonds is 2. The summed E-state index contributed by atoms with van der Waals surface area (Å²) in [4.78, 5) is 27.5. The van der Waals surface area contributed by atoms with Crippen LogP contribution in [0.3, 0.4) is 0 Å². The molecular weight excluding hydrogens is 242 g/mol. The fourth-order valence-corrected chi connectivity index (χ4v) is 1.74. The van der Waals surface area contributed by atoms with E-state index in [4.69, 9.17) is 5.11 Å². The predicted octanol–water partition coefficient (Wildman–Crippen LogP) is -1.08. The van der Waals surface area contributed by atoms with Crippen LogP contribution in [-0.4, -0.2) is 61.0 Å². The molecule has 1 aliphatic rings. The highest BCUT2D eigenvalue weighted by atomic mass is 16.4. The first-order valence-electron chi connectivity index (χ1n) is 5.20. The number of urea groups is 1. The number of β-amino-alcohol motifs (C(OH)–C–C–N with tert-alkyl or cyclic N) is 1. The topological polar surface area (TPSA) is 129 Å². The molecule has 9 nitrogen and oxygen atoms in total. The van der Waals surface area contributed by atoms with Gasteiger partial charge in [0.15, 0.2) is 0 Å². The SMILES string of the molecule is O=C(O)[C@@H]1C[C@@H](O)CN1C(=O)Nc1nccnn1. The van der Waals surface area contributed by atoms with Crippen molar-refractivity contribution < 1.29 is 19.8 Å². The third-order valence-electron chi connectivity index (χ3n) is 2.53. The normalized spacial score (nSPS) is 22.8. The van der Waals surface area contributed by atoms with E-state index >= 15 is 0 Å². The summed E-state index contributed by atoms with van der Waals surface area (Å²) in [6, 6.07) is -1.72. The van der Waals surface area contributed by atoms with Gasteiger partial charge in [-0.3, -0.25) is 5.32 Å². The summed E-state index contributed by atoms with van der Waals surface area (Å²) in [5, 5.41) is 27.7. The van der Waals surface area contributed by atoms with Crippen LogP contribution in [0, 0.1) is 0 Å². The minimum atomic E-state index is -1.16. The van der Waals surface area contributed by atoms with Gasteiger partial charge in [0.2, 0.25) is 0 Å². The Labute approximate surface area is 101 Å². The molecule has 0 radical (unpaired) electrons. The molecule has 9 heteroatoms. The molecule has 2 rings (SSSR count). The molecule has 0 spiro atoms. The number of carbonyl (C=O) groups is 2. The molecule has 0 bridgehead atoms. The lowest BCUT2D eigenvalue weighted by Gasteiger charge is -2.20. The lowest BCUT2D eigenvalue weighted by Crippen LogP contribution is -2.43. The molecule has 18 heavy (non-hydrogen) atoms. The predicted molar refractivity (Wildman–Crippen MR) is 57.6 cm³/mol. The number of aliphatic hydroxyl groups excluding tert-OH is 1. The number of likely N-dealkylation sites (tertiary alicyclic amines) is 1. The van der Waals surface area contributed by atoms with Gasteiger partial charge in [-0.1, -0.05) is 0 Å². The van der Waals surface area contributed by atoms with Crippen LogP contribution < -0.4 is 5.32 Å². The Morgan fingerprint density at radius 2 is 2.22 bits per heavy atom. The second-order valence-corrected chi connectivity index (χ2v) is 3.79. The monoisotopic (exact) mass is 253 g/mol. The van der Waals surface area contributed by atoms with E-state index in [-0.39, 0.29) is 18.9 Å². The van der Waals surface area contributed by atoms with Gasteiger partial charge in [-0.05, 0) is 0 Å². The molecule has 0 saturated carbocycles. The van der Waals surface area contributed by atoms with Gasteiger partial charge < -0.3 is 15.1 Å². The molecular formula is C9H11N5O4. The maximum absolute atomic E-state index is 11.8. The summed E-state index contributed by atoms with van der Waals surface area (Å²) < 4.78 is 0. The Balaban J connectivity index is 2.06. The fraction of sp³-hybridized carbons (Fsp3) is 0.444. The van der Waals surface area contributed by atoms with E-state index < -0.39 is 24.1 Å². The number of hydrogen-bond donors (Lipinski definition) is 3. The number of anilines is 1. The maximum atomic E-state index is 11.8. The molecule has 96 valence electrons. The first-order chi connectivity index (χ1) is 8.58. The fourth-order valence-electron chi connectivity index (χ4n) is 1.74. The first-order valence-corrected chi connectivity index (χ1v) is 5.20. The van der Waals surface area contributed by atoms with Crippen LogP contribution >= 0.6 is 0 Å². The van der Waals surface area contributed by atoms with Crippen molar-refractivity contribution in [2.24, 2.45) is 0 Å². The van der Waals surface area contributed by atoms with Crippen LogP contribution in [-0.2, 0) is 4.79 Å². The number of aliphatic carboxylic acids is 1. The summed E-state index contributed by atoms with van der Waals surface area (Å²) in [5.74, 6) is -1.18. The zero-order valence-electron chi connectivity index (χ0n) is 9.22. The van der Waals surface area contributed by atoms with Crippen LogP contribution in [0.15, 0.2) is 12.4 Å². The van der Waals surface area contributed by atoms with E-state index in [9.17, 15) is 14.7 Å². The molecule has 1 aromatic rings. The van der Waals surface area contributed by atoms with Crippen molar-refractivity contribution in [3.05, 3.63) is 12.4 Å². The van der Waals surface area contributed by atoms with E-state index in [2.05, 4.69) is 20.5 Å². The van der Waals surface area contributed by atoms with Crippen LogP contribution in [0.25, 0.3) is 0 Å². The van der Waals surface area contributed by atoms with Gasteiger partial charge in [0, 0.05) is 13.0 Å². The summed E-state index contributed by atoms with van der Waals surface area (Å²) in [6.45, 7) is -0.0386. The highest BCUT2D eigenvalue weighted by Gasteiger charge is 2.39. The number of aliphatic hydroxyl groups is 1. The van der Waals surface area contributed by atoms with Crippen LogP contribution in [0.1, 0.15) is 6.42 Å². The highest BCUT2D eigenvalue weighted by molar-refractivity contribution is 5.91. The Hall–Kier alpha value is -2.29. The number of carbonyl (C=O) groups excluding carboxylic acids is 1. The molecule has 1 aliphatic heterocycles. The van der Waals surface area contributed by atoms with Gasteiger partial charge in [0.05, 0.1) is 18.5 Å². The largest absolute Gasteiger partial charge is 0.480 e. The summed E-state index contributed by atoms with van der Waals surface area (Å²) in [7, 11) is 0. The van der Waals surface area contributed by atoms with Gasteiger partial charge in [0.25, 0.3) is 5.95 Å². The van der Waals surface area contributed by atoms with Gasteiger partial charge in [0.1, 0.15) is 6.04 Å². The minimum absolute atomic E-state index is 0.0106. The molecule has 2 amide bonds. The van der Waals surface area contributed by atoms with Gasteiger partial charge >= 0.3 is 12.0 Å². The Morgan fingerprint density at radius 1 is 1.44 bits per heavy atom. The van der Waals surface area contributed by atoms with E-state index in [1.54, 1.807) is 0 Å².